The van der Waals surface area contributed by atoms with Gasteiger partial charge in [0.15, 0.2) is 0 Å². The zero-order valence-corrected chi connectivity index (χ0v) is 18.9. The maximum atomic E-state index is 12.1. The summed E-state index contributed by atoms with van der Waals surface area (Å²) in [5.41, 5.74) is 5.73. The normalized spacial score (nSPS) is 19.4. The van der Waals surface area contributed by atoms with E-state index < -0.39 is 12.1 Å². The maximum absolute atomic E-state index is 12.1. The first kappa shape index (κ1) is 21.0. The molecule has 0 fully saturated rings. The highest BCUT2D eigenvalue weighted by Crippen LogP contribution is 2.42. The molecule has 1 aromatic heterocycles. The molecule has 2 aromatic carbocycles. The van der Waals surface area contributed by atoms with Crippen LogP contribution in [0.15, 0.2) is 36.4 Å². The van der Waals surface area contributed by atoms with Gasteiger partial charge in [0, 0.05) is 59.7 Å². The largest absolute Gasteiger partial charge is 0.390 e. The number of halogens is 2. The summed E-state index contributed by atoms with van der Waals surface area (Å²) in [5, 5.41) is 26.4. The van der Waals surface area contributed by atoms with Crippen LogP contribution in [0, 0.1) is 11.3 Å². The van der Waals surface area contributed by atoms with Gasteiger partial charge in [-0.25, -0.2) is 0 Å². The second kappa shape index (κ2) is 7.93. The van der Waals surface area contributed by atoms with Gasteiger partial charge in [-0.05, 0) is 35.4 Å². The maximum Gasteiger partial charge on any atom is 0.219 e. The number of nitriles is 1. The van der Waals surface area contributed by atoms with E-state index in [-0.39, 0.29) is 5.91 Å². The van der Waals surface area contributed by atoms with Gasteiger partial charge in [-0.3, -0.25) is 9.48 Å². The van der Waals surface area contributed by atoms with Crippen molar-refractivity contribution in [1.29, 1.82) is 5.26 Å². The van der Waals surface area contributed by atoms with Gasteiger partial charge in [-0.1, -0.05) is 35.3 Å². The molecule has 1 aliphatic heterocycles. The van der Waals surface area contributed by atoms with Crippen molar-refractivity contribution >= 4 is 29.1 Å². The van der Waals surface area contributed by atoms with E-state index in [1.807, 2.05) is 22.9 Å². The SMILES string of the molecule is CC(=O)N1CCc2c(c(-c3cccc(C#N)c3)nn2[C@@H]2c3cc(Cl)cc(Cl)c3C[C@@H]2O)C1. The molecule has 2 heterocycles. The van der Waals surface area contributed by atoms with Gasteiger partial charge >= 0.3 is 0 Å². The number of rotatable bonds is 2. The fourth-order valence-electron chi connectivity index (χ4n) is 4.84. The minimum Gasteiger partial charge on any atom is -0.390 e. The standard InChI is InChI=1S/C24H20Cl2N4O2/c1-13(31)29-6-5-21-19(12-29)23(15-4-2-3-14(7-15)11-27)28-30(21)24-18-8-16(25)9-20(26)17(18)10-22(24)32/h2-4,7-9,22,24,32H,5-6,10,12H2,1H3/t22-,24+/m0/s1. The van der Waals surface area contributed by atoms with Crippen LogP contribution in [0.5, 0.6) is 0 Å². The lowest BCUT2D eigenvalue weighted by molar-refractivity contribution is -0.129. The molecule has 0 radical (unpaired) electrons. The molecular formula is C24H20Cl2N4O2. The molecule has 0 unspecified atom stereocenters. The number of aromatic nitrogens is 2. The quantitative estimate of drug-likeness (QED) is 0.614. The Labute approximate surface area is 195 Å². The predicted octanol–water partition coefficient (Wildman–Crippen LogP) is 4.14. The number of benzene rings is 2. The van der Waals surface area contributed by atoms with E-state index in [2.05, 4.69) is 6.07 Å². The summed E-state index contributed by atoms with van der Waals surface area (Å²) < 4.78 is 1.88. The monoisotopic (exact) mass is 466 g/mol. The highest BCUT2D eigenvalue weighted by Gasteiger charge is 2.38. The lowest BCUT2D eigenvalue weighted by Gasteiger charge is -2.28. The molecule has 8 heteroatoms. The number of aliphatic hydroxyl groups excluding tert-OH is 1. The summed E-state index contributed by atoms with van der Waals surface area (Å²) >= 11 is 12.7. The minimum atomic E-state index is -0.700. The van der Waals surface area contributed by atoms with E-state index in [1.54, 1.807) is 30.0 Å². The molecule has 5 rings (SSSR count). The first-order valence-corrected chi connectivity index (χ1v) is 11.1. The minimum absolute atomic E-state index is 0.00457. The van der Waals surface area contributed by atoms with E-state index in [0.29, 0.717) is 41.5 Å². The summed E-state index contributed by atoms with van der Waals surface area (Å²) in [6.07, 6.45) is 0.338. The van der Waals surface area contributed by atoms with Crippen LogP contribution in [-0.4, -0.2) is 38.3 Å². The van der Waals surface area contributed by atoms with Gasteiger partial charge in [0.1, 0.15) is 6.04 Å². The number of amides is 1. The highest BCUT2D eigenvalue weighted by molar-refractivity contribution is 6.35. The molecule has 162 valence electrons. The number of carbonyl (C=O) groups is 1. The molecule has 0 spiro atoms. The van der Waals surface area contributed by atoms with E-state index in [1.165, 1.54) is 0 Å². The predicted molar refractivity (Wildman–Crippen MR) is 121 cm³/mol. The van der Waals surface area contributed by atoms with Crippen molar-refractivity contribution < 1.29 is 9.90 Å². The molecule has 0 bridgehead atoms. The van der Waals surface area contributed by atoms with Crippen LogP contribution >= 0.6 is 23.2 Å². The Morgan fingerprint density at radius 2 is 2.06 bits per heavy atom. The first-order chi connectivity index (χ1) is 15.4. The number of nitrogens with zero attached hydrogens (tertiary/aromatic N) is 4. The fourth-order valence-corrected chi connectivity index (χ4v) is 5.42. The van der Waals surface area contributed by atoms with Crippen molar-refractivity contribution in [2.24, 2.45) is 0 Å². The Hall–Kier alpha value is -2.85. The van der Waals surface area contributed by atoms with Crippen molar-refractivity contribution in [2.75, 3.05) is 6.54 Å². The molecule has 1 amide bonds. The van der Waals surface area contributed by atoms with Gasteiger partial charge in [-0.2, -0.15) is 10.4 Å². The van der Waals surface area contributed by atoms with Crippen LogP contribution in [0.4, 0.5) is 0 Å². The summed E-state index contributed by atoms with van der Waals surface area (Å²) in [4.78, 5) is 13.9. The third-order valence-electron chi connectivity index (χ3n) is 6.35. The van der Waals surface area contributed by atoms with Gasteiger partial charge in [0.2, 0.25) is 5.91 Å². The second-order valence-corrected chi connectivity index (χ2v) is 9.12. The molecule has 0 saturated heterocycles. The van der Waals surface area contributed by atoms with Gasteiger partial charge < -0.3 is 10.0 Å². The van der Waals surface area contributed by atoms with Gasteiger partial charge in [0.05, 0.1) is 23.4 Å². The fraction of sp³-hybridized carbons (Fsp3) is 0.292. The highest BCUT2D eigenvalue weighted by atomic mass is 35.5. The molecule has 1 aliphatic carbocycles. The topological polar surface area (TPSA) is 82.2 Å². The molecule has 6 nitrogen and oxygen atoms in total. The average molecular weight is 467 g/mol. The van der Waals surface area contributed by atoms with E-state index in [9.17, 15) is 15.2 Å². The second-order valence-electron chi connectivity index (χ2n) is 8.27. The van der Waals surface area contributed by atoms with Crippen LogP contribution in [0.1, 0.15) is 40.9 Å². The van der Waals surface area contributed by atoms with Crippen molar-refractivity contribution in [3.8, 4) is 17.3 Å². The number of carbonyl (C=O) groups excluding carboxylic acids is 1. The van der Waals surface area contributed by atoms with Crippen molar-refractivity contribution in [3.63, 3.8) is 0 Å². The number of hydrogen-bond donors (Lipinski definition) is 1. The summed E-state index contributed by atoms with van der Waals surface area (Å²) in [5.74, 6) is 0.00457. The smallest absolute Gasteiger partial charge is 0.219 e. The van der Waals surface area contributed by atoms with Crippen molar-refractivity contribution in [1.82, 2.24) is 14.7 Å². The summed E-state index contributed by atoms with van der Waals surface area (Å²) in [6.45, 7) is 2.58. The van der Waals surface area contributed by atoms with Crippen LogP contribution in [-0.2, 0) is 24.2 Å². The third kappa shape index (κ3) is 3.38. The van der Waals surface area contributed by atoms with E-state index in [4.69, 9.17) is 28.3 Å². The lowest BCUT2D eigenvalue weighted by atomic mass is 9.99. The molecule has 2 atom stereocenters. The van der Waals surface area contributed by atoms with Crippen molar-refractivity contribution in [2.45, 2.75) is 38.5 Å². The molecule has 32 heavy (non-hydrogen) atoms. The average Bonchev–Trinajstić information content (AvgIpc) is 3.30. The van der Waals surface area contributed by atoms with Crippen molar-refractivity contribution in [3.05, 3.63) is 74.4 Å². The Kier molecular flexibility index (Phi) is 5.21. The molecule has 1 N–H and O–H groups in total. The molecule has 2 aliphatic rings. The molecule has 3 aromatic rings. The Bertz CT molecular complexity index is 1290. The van der Waals surface area contributed by atoms with Crippen LogP contribution < -0.4 is 0 Å². The lowest BCUT2D eigenvalue weighted by Crippen LogP contribution is -2.35. The Morgan fingerprint density at radius 3 is 2.81 bits per heavy atom. The van der Waals surface area contributed by atoms with Crippen LogP contribution in [0.25, 0.3) is 11.3 Å². The number of hydrogen-bond acceptors (Lipinski definition) is 4. The van der Waals surface area contributed by atoms with E-state index >= 15 is 0 Å². The van der Waals surface area contributed by atoms with Crippen LogP contribution in [0.3, 0.4) is 0 Å². The summed E-state index contributed by atoms with van der Waals surface area (Å²) in [7, 11) is 0. The zero-order valence-electron chi connectivity index (χ0n) is 17.3. The molecular weight excluding hydrogens is 447 g/mol. The number of aliphatic hydroxyl groups is 1. The molecule has 0 saturated carbocycles. The van der Waals surface area contributed by atoms with Crippen LogP contribution in [0.2, 0.25) is 10.0 Å². The third-order valence-corrected chi connectivity index (χ3v) is 6.91. The Balaban J connectivity index is 1.70. The first-order valence-electron chi connectivity index (χ1n) is 10.4. The summed E-state index contributed by atoms with van der Waals surface area (Å²) in [6, 6.07) is 12.6. The Morgan fingerprint density at radius 1 is 1.25 bits per heavy atom. The van der Waals surface area contributed by atoms with E-state index in [0.717, 1.165) is 33.6 Å². The van der Waals surface area contributed by atoms with Gasteiger partial charge in [-0.15, -0.1) is 0 Å². The zero-order chi connectivity index (χ0) is 22.6. The van der Waals surface area contributed by atoms with Gasteiger partial charge in [0.25, 0.3) is 0 Å². The number of fused-ring (bicyclic) bond motifs is 2.